The van der Waals surface area contributed by atoms with Gasteiger partial charge in [0, 0.05) is 28.3 Å². The number of aromatic nitrogens is 1. The van der Waals surface area contributed by atoms with Gasteiger partial charge in [-0.15, -0.1) is 0 Å². The molecule has 0 aliphatic heterocycles. The lowest BCUT2D eigenvalue weighted by Gasteiger charge is -2.05. The number of hydrogen-bond acceptors (Lipinski definition) is 1. The lowest BCUT2D eigenvalue weighted by molar-refractivity contribution is -0.107. The third-order valence-corrected chi connectivity index (χ3v) is 4.13. The second-order valence-corrected chi connectivity index (χ2v) is 5.47. The number of aldehydes is 1. The maximum atomic E-state index is 10.6. The Bertz CT molecular complexity index is 964. The standard InChI is InChI=1S/C20H15NO/c22-13-12-14-8-10-15(11-9-14)16-5-3-6-18-17-4-1-2-7-19(17)21-20(16)18/h1-11,13,21H,12H2. The van der Waals surface area contributed by atoms with E-state index in [0.717, 1.165) is 28.4 Å². The minimum absolute atomic E-state index is 0.469. The van der Waals surface area contributed by atoms with Crippen LogP contribution in [-0.4, -0.2) is 11.3 Å². The van der Waals surface area contributed by atoms with Crippen molar-refractivity contribution in [3.8, 4) is 11.1 Å². The monoisotopic (exact) mass is 285 g/mol. The average Bonchev–Trinajstić information content (AvgIpc) is 2.95. The molecule has 0 atom stereocenters. The zero-order valence-electron chi connectivity index (χ0n) is 12.0. The third kappa shape index (κ3) is 2.01. The Balaban J connectivity index is 1.92. The van der Waals surface area contributed by atoms with E-state index in [1.165, 1.54) is 16.3 Å². The van der Waals surface area contributed by atoms with Crippen molar-refractivity contribution in [3.05, 3.63) is 72.3 Å². The summed E-state index contributed by atoms with van der Waals surface area (Å²) in [5.74, 6) is 0. The van der Waals surface area contributed by atoms with Crippen molar-refractivity contribution in [1.82, 2.24) is 4.98 Å². The van der Waals surface area contributed by atoms with Crippen LogP contribution in [0.1, 0.15) is 5.56 Å². The van der Waals surface area contributed by atoms with Crippen LogP contribution in [0.15, 0.2) is 66.7 Å². The molecule has 0 saturated carbocycles. The van der Waals surface area contributed by atoms with Gasteiger partial charge in [0.2, 0.25) is 0 Å². The first kappa shape index (κ1) is 12.8. The van der Waals surface area contributed by atoms with E-state index in [0.29, 0.717) is 6.42 Å². The van der Waals surface area contributed by atoms with E-state index in [4.69, 9.17) is 0 Å². The smallest absolute Gasteiger partial charge is 0.124 e. The summed E-state index contributed by atoms with van der Waals surface area (Å²) in [6.07, 6.45) is 1.41. The van der Waals surface area contributed by atoms with Crippen LogP contribution >= 0.6 is 0 Å². The van der Waals surface area contributed by atoms with Gasteiger partial charge in [0.25, 0.3) is 0 Å². The van der Waals surface area contributed by atoms with Gasteiger partial charge < -0.3 is 9.78 Å². The molecule has 3 aromatic carbocycles. The molecule has 2 nitrogen and oxygen atoms in total. The van der Waals surface area contributed by atoms with Gasteiger partial charge in [0.15, 0.2) is 0 Å². The Hall–Kier alpha value is -2.87. The van der Waals surface area contributed by atoms with Gasteiger partial charge in [0.1, 0.15) is 6.29 Å². The van der Waals surface area contributed by atoms with Crippen LogP contribution in [0.25, 0.3) is 32.9 Å². The molecule has 0 aliphatic carbocycles. The molecule has 0 radical (unpaired) electrons. The summed E-state index contributed by atoms with van der Waals surface area (Å²) >= 11 is 0. The SMILES string of the molecule is O=CCc1ccc(-c2cccc3c2[nH]c2ccccc23)cc1. The molecule has 0 saturated heterocycles. The van der Waals surface area contributed by atoms with E-state index in [9.17, 15) is 4.79 Å². The minimum Gasteiger partial charge on any atom is -0.354 e. The largest absolute Gasteiger partial charge is 0.354 e. The van der Waals surface area contributed by atoms with Gasteiger partial charge in [-0.05, 0) is 17.2 Å². The van der Waals surface area contributed by atoms with E-state index in [1.807, 2.05) is 18.2 Å². The number of para-hydroxylation sites is 2. The van der Waals surface area contributed by atoms with Gasteiger partial charge in [0.05, 0.1) is 5.52 Å². The lowest BCUT2D eigenvalue weighted by Crippen LogP contribution is -1.86. The highest BCUT2D eigenvalue weighted by atomic mass is 16.1. The zero-order valence-corrected chi connectivity index (χ0v) is 12.0. The molecule has 1 heterocycles. The summed E-state index contributed by atoms with van der Waals surface area (Å²) in [6.45, 7) is 0. The van der Waals surface area contributed by atoms with E-state index in [2.05, 4.69) is 53.5 Å². The fraction of sp³-hybridized carbons (Fsp3) is 0.0500. The molecule has 0 unspecified atom stereocenters. The Morgan fingerprint density at radius 3 is 2.41 bits per heavy atom. The first-order chi connectivity index (χ1) is 10.9. The maximum Gasteiger partial charge on any atom is 0.124 e. The highest BCUT2D eigenvalue weighted by Crippen LogP contribution is 2.33. The number of hydrogen-bond donors (Lipinski definition) is 1. The normalized spacial score (nSPS) is 11.1. The van der Waals surface area contributed by atoms with Crippen molar-refractivity contribution in [3.63, 3.8) is 0 Å². The Morgan fingerprint density at radius 2 is 1.59 bits per heavy atom. The van der Waals surface area contributed by atoms with Crippen LogP contribution in [0.2, 0.25) is 0 Å². The van der Waals surface area contributed by atoms with E-state index >= 15 is 0 Å². The van der Waals surface area contributed by atoms with Crippen LogP contribution in [-0.2, 0) is 11.2 Å². The third-order valence-electron chi connectivity index (χ3n) is 4.13. The van der Waals surface area contributed by atoms with Crippen molar-refractivity contribution >= 4 is 28.1 Å². The maximum absolute atomic E-state index is 10.6. The summed E-state index contributed by atoms with van der Waals surface area (Å²) in [4.78, 5) is 14.1. The van der Waals surface area contributed by atoms with E-state index in [-0.39, 0.29) is 0 Å². The van der Waals surface area contributed by atoms with Gasteiger partial charge in [-0.1, -0.05) is 60.7 Å². The first-order valence-corrected chi connectivity index (χ1v) is 7.39. The highest BCUT2D eigenvalue weighted by Gasteiger charge is 2.08. The van der Waals surface area contributed by atoms with E-state index in [1.54, 1.807) is 0 Å². The molecule has 2 heteroatoms. The number of benzene rings is 3. The fourth-order valence-corrected chi connectivity index (χ4v) is 3.03. The van der Waals surface area contributed by atoms with Gasteiger partial charge >= 0.3 is 0 Å². The molecule has 4 rings (SSSR count). The average molecular weight is 285 g/mol. The number of fused-ring (bicyclic) bond motifs is 3. The zero-order chi connectivity index (χ0) is 14.9. The van der Waals surface area contributed by atoms with Gasteiger partial charge in [-0.2, -0.15) is 0 Å². The summed E-state index contributed by atoms with van der Waals surface area (Å²) < 4.78 is 0. The molecule has 0 bridgehead atoms. The second kappa shape index (κ2) is 5.15. The number of aromatic amines is 1. The molecular formula is C20H15NO. The van der Waals surface area contributed by atoms with Gasteiger partial charge in [-0.25, -0.2) is 0 Å². The van der Waals surface area contributed by atoms with E-state index < -0.39 is 0 Å². The number of rotatable bonds is 3. The van der Waals surface area contributed by atoms with Crippen molar-refractivity contribution in [2.45, 2.75) is 6.42 Å². The molecule has 106 valence electrons. The predicted octanol–water partition coefficient (Wildman–Crippen LogP) is 4.73. The quantitative estimate of drug-likeness (QED) is 0.542. The van der Waals surface area contributed by atoms with Gasteiger partial charge in [-0.3, -0.25) is 0 Å². The van der Waals surface area contributed by atoms with Crippen molar-refractivity contribution < 1.29 is 4.79 Å². The van der Waals surface area contributed by atoms with Crippen LogP contribution in [0.3, 0.4) is 0 Å². The highest BCUT2D eigenvalue weighted by molar-refractivity contribution is 6.11. The molecular weight excluding hydrogens is 270 g/mol. The van der Waals surface area contributed by atoms with Crippen molar-refractivity contribution in [1.29, 1.82) is 0 Å². The summed E-state index contributed by atoms with van der Waals surface area (Å²) in [5.41, 5.74) is 5.70. The summed E-state index contributed by atoms with van der Waals surface area (Å²) in [7, 11) is 0. The number of H-pyrrole nitrogens is 1. The van der Waals surface area contributed by atoms with Crippen LogP contribution in [0.4, 0.5) is 0 Å². The number of carbonyl (C=O) groups excluding carboxylic acids is 1. The Morgan fingerprint density at radius 1 is 0.818 bits per heavy atom. The Labute approximate surface area is 128 Å². The minimum atomic E-state index is 0.469. The fourth-order valence-electron chi connectivity index (χ4n) is 3.03. The van der Waals surface area contributed by atoms with Crippen molar-refractivity contribution in [2.24, 2.45) is 0 Å². The topological polar surface area (TPSA) is 32.9 Å². The van der Waals surface area contributed by atoms with Crippen LogP contribution in [0, 0.1) is 0 Å². The lowest BCUT2D eigenvalue weighted by atomic mass is 10.0. The first-order valence-electron chi connectivity index (χ1n) is 7.39. The second-order valence-electron chi connectivity index (χ2n) is 5.47. The number of carbonyl (C=O) groups is 1. The van der Waals surface area contributed by atoms with Crippen LogP contribution < -0.4 is 0 Å². The molecule has 0 aliphatic rings. The Kier molecular flexibility index (Phi) is 3.01. The van der Waals surface area contributed by atoms with Crippen LogP contribution in [0.5, 0.6) is 0 Å². The molecule has 0 fully saturated rings. The summed E-state index contributed by atoms with van der Waals surface area (Å²) in [5, 5.41) is 2.49. The molecule has 1 N–H and O–H groups in total. The molecule has 0 amide bonds. The summed E-state index contributed by atoms with van der Waals surface area (Å²) in [6, 6.07) is 22.9. The molecule has 0 spiro atoms. The van der Waals surface area contributed by atoms with Crippen molar-refractivity contribution in [2.75, 3.05) is 0 Å². The number of nitrogens with one attached hydrogen (secondary N) is 1. The molecule has 1 aromatic heterocycles. The molecule has 4 aromatic rings. The molecule has 22 heavy (non-hydrogen) atoms. The predicted molar refractivity (Wildman–Crippen MR) is 91.0 cm³/mol.